The molecule has 1 saturated heterocycles. The largest absolute Gasteiger partial charge is 0.357 e. The van der Waals surface area contributed by atoms with Crippen molar-refractivity contribution in [3.05, 3.63) is 0 Å². The molecule has 0 bridgehead atoms. The molecule has 1 rings (SSSR count). The molecule has 0 aromatic carbocycles. The number of hydrogen-bond donors (Lipinski definition) is 2. The predicted octanol–water partition coefficient (Wildman–Crippen LogP) is 0.788. The Hall–Kier alpha value is -0.460. The molecule has 1 aliphatic heterocycles. The van der Waals surface area contributed by atoms with Crippen LogP contribution in [0, 0.1) is 5.92 Å². The molecule has 0 aliphatic carbocycles. The number of likely N-dealkylation sites (N-methyl/N-ethyl adjacent to an activating group) is 1. The van der Waals surface area contributed by atoms with Gasteiger partial charge in [0.15, 0.2) is 5.96 Å². The lowest BCUT2D eigenvalue weighted by Crippen LogP contribution is -2.46. The van der Waals surface area contributed by atoms with Crippen molar-refractivity contribution in [3.8, 4) is 0 Å². The van der Waals surface area contributed by atoms with Gasteiger partial charge in [0.2, 0.25) is 0 Å². The molecule has 124 valence electrons. The molecule has 1 heterocycles. The zero-order valence-corrected chi connectivity index (χ0v) is 15.0. The van der Waals surface area contributed by atoms with E-state index in [4.69, 9.17) is 4.99 Å². The summed E-state index contributed by atoms with van der Waals surface area (Å²) in [7, 11) is 2.20. The van der Waals surface area contributed by atoms with Gasteiger partial charge in [-0.15, -0.1) is 0 Å². The molecule has 1 fully saturated rings. The predicted molar refractivity (Wildman–Crippen MR) is 95.5 cm³/mol. The normalized spacial score (nSPS) is 19.5. The van der Waals surface area contributed by atoms with Gasteiger partial charge in [0.25, 0.3) is 0 Å². The van der Waals surface area contributed by atoms with Gasteiger partial charge in [0.05, 0.1) is 0 Å². The van der Waals surface area contributed by atoms with Crippen molar-refractivity contribution in [1.82, 2.24) is 20.4 Å². The minimum Gasteiger partial charge on any atom is -0.357 e. The second-order valence-corrected chi connectivity index (χ2v) is 6.83. The standard InChI is InChI=1S/C15H33N5S/c1-5-16-15(17-6-11-21-4)18-12-14(2)13-20-9-7-19(3)8-10-20/h14H,5-13H2,1-4H3,(H2,16,17,18). The van der Waals surface area contributed by atoms with Crippen LogP contribution in [0.4, 0.5) is 0 Å². The smallest absolute Gasteiger partial charge is 0.191 e. The van der Waals surface area contributed by atoms with Gasteiger partial charge in [0.1, 0.15) is 0 Å². The SMILES string of the molecule is CCNC(=NCC(C)CN1CCN(C)CC1)NCCSC. The highest BCUT2D eigenvalue weighted by Gasteiger charge is 2.15. The molecular formula is C15H33N5S. The van der Waals surface area contributed by atoms with Crippen LogP contribution in [0.2, 0.25) is 0 Å². The van der Waals surface area contributed by atoms with E-state index >= 15 is 0 Å². The number of nitrogens with one attached hydrogen (secondary N) is 2. The Morgan fingerprint density at radius 3 is 2.57 bits per heavy atom. The van der Waals surface area contributed by atoms with Crippen molar-refractivity contribution in [2.75, 3.05) is 71.4 Å². The van der Waals surface area contributed by atoms with Crippen LogP contribution in [0.1, 0.15) is 13.8 Å². The number of piperazine rings is 1. The summed E-state index contributed by atoms with van der Waals surface area (Å²) in [6, 6.07) is 0. The Morgan fingerprint density at radius 2 is 1.95 bits per heavy atom. The topological polar surface area (TPSA) is 42.9 Å². The number of hydrogen-bond acceptors (Lipinski definition) is 4. The molecule has 21 heavy (non-hydrogen) atoms. The lowest BCUT2D eigenvalue weighted by molar-refractivity contribution is 0.140. The van der Waals surface area contributed by atoms with Gasteiger partial charge in [-0.05, 0) is 26.1 Å². The van der Waals surface area contributed by atoms with Crippen LogP contribution in [0.15, 0.2) is 4.99 Å². The average Bonchev–Trinajstić information content (AvgIpc) is 2.47. The van der Waals surface area contributed by atoms with Crippen molar-refractivity contribution < 1.29 is 0 Å². The van der Waals surface area contributed by atoms with Crippen LogP contribution < -0.4 is 10.6 Å². The summed E-state index contributed by atoms with van der Waals surface area (Å²) < 4.78 is 0. The number of nitrogens with zero attached hydrogens (tertiary/aromatic N) is 3. The second kappa shape index (κ2) is 11.2. The maximum absolute atomic E-state index is 4.71. The van der Waals surface area contributed by atoms with E-state index in [0.717, 1.165) is 37.9 Å². The van der Waals surface area contributed by atoms with Crippen molar-refractivity contribution >= 4 is 17.7 Å². The zero-order chi connectivity index (χ0) is 15.5. The highest BCUT2D eigenvalue weighted by atomic mass is 32.2. The molecule has 5 nitrogen and oxygen atoms in total. The first-order chi connectivity index (χ1) is 10.2. The van der Waals surface area contributed by atoms with E-state index in [1.54, 1.807) is 0 Å². The van der Waals surface area contributed by atoms with E-state index in [-0.39, 0.29) is 0 Å². The lowest BCUT2D eigenvalue weighted by Gasteiger charge is -2.33. The minimum atomic E-state index is 0.601. The van der Waals surface area contributed by atoms with Crippen molar-refractivity contribution in [1.29, 1.82) is 0 Å². The molecule has 0 saturated carbocycles. The summed E-state index contributed by atoms with van der Waals surface area (Å²) in [5.74, 6) is 2.67. The fourth-order valence-corrected chi connectivity index (χ4v) is 2.70. The summed E-state index contributed by atoms with van der Waals surface area (Å²) in [6.07, 6.45) is 2.13. The van der Waals surface area contributed by atoms with Gasteiger partial charge in [0, 0.05) is 58.1 Å². The fourth-order valence-electron chi connectivity index (χ4n) is 2.39. The summed E-state index contributed by atoms with van der Waals surface area (Å²) in [4.78, 5) is 9.68. The molecule has 1 aliphatic rings. The molecule has 1 atom stereocenters. The third kappa shape index (κ3) is 8.53. The maximum atomic E-state index is 4.71. The van der Waals surface area contributed by atoms with Gasteiger partial charge in [-0.2, -0.15) is 11.8 Å². The number of rotatable bonds is 8. The van der Waals surface area contributed by atoms with Gasteiger partial charge >= 0.3 is 0 Å². The molecule has 0 amide bonds. The Morgan fingerprint density at radius 1 is 1.24 bits per heavy atom. The van der Waals surface area contributed by atoms with E-state index in [1.807, 2.05) is 11.8 Å². The molecular weight excluding hydrogens is 282 g/mol. The van der Waals surface area contributed by atoms with E-state index in [0.29, 0.717) is 5.92 Å². The van der Waals surface area contributed by atoms with Crippen LogP contribution in [0.25, 0.3) is 0 Å². The van der Waals surface area contributed by atoms with Crippen LogP contribution in [0.3, 0.4) is 0 Å². The zero-order valence-electron chi connectivity index (χ0n) is 14.2. The molecule has 1 unspecified atom stereocenters. The molecule has 0 radical (unpaired) electrons. The number of aliphatic imine (C=N–C) groups is 1. The van der Waals surface area contributed by atoms with Crippen LogP contribution in [-0.4, -0.2) is 87.2 Å². The van der Waals surface area contributed by atoms with Crippen molar-refractivity contribution in [2.24, 2.45) is 10.9 Å². The van der Waals surface area contributed by atoms with Gasteiger partial charge < -0.3 is 20.4 Å². The highest BCUT2D eigenvalue weighted by molar-refractivity contribution is 7.98. The molecule has 0 aromatic rings. The highest BCUT2D eigenvalue weighted by Crippen LogP contribution is 2.05. The lowest BCUT2D eigenvalue weighted by atomic mass is 10.1. The van der Waals surface area contributed by atoms with E-state index in [2.05, 4.69) is 47.6 Å². The Balaban J connectivity index is 2.29. The monoisotopic (exact) mass is 315 g/mol. The Labute approximate surface area is 134 Å². The summed E-state index contributed by atoms with van der Waals surface area (Å²) in [6.45, 7) is 13.1. The van der Waals surface area contributed by atoms with Crippen LogP contribution in [-0.2, 0) is 0 Å². The van der Waals surface area contributed by atoms with Crippen molar-refractivity contribution in [2.45, 2.75) is 13.8 Å². The molecule has 0 aromatic heterocycles. The number of thioether (sulfide) groups is 1. The van der Waals surface area contributed by atoms with E-state index < -0.39 is 0 Å². The first kappa shape index (κ1) is 18.6. The quantitative estimate of drug-likeness (QED) is 0.394. The van der Waals surface area contributed by atoms with E-state index in [1.165, 1.54) is 26.2 Å². The summed E-state index contributed by atoms with van der Waals surface area (Å²) in [5, 5.41) is 6.70. The Bertz CT molecular complexity index is 290. The fraction of sp³-hybridized carbons (Fsp3) is 0.933. The number of guanidine groups is 1. The van der Waals surface area contributed by atoms with Gasteiger partial charge in [-0.3, -0.25) is 4.99 Å². The molecule has 6 heteroatoms. The first-order valence-corrected chi connectivity index (χ1v) is 9.47. The summed E-state index contributed by atoms with van der Waals surface area (Å²) in [5.41, 5.74) is 0. The minimum absolute atomic E-state index is 0.601. The van der Waals surface area contributed by atoms with Gasteiger partial charge in [-0.1, -0.05) is 6.92 Å². The first-order valence-electron chi connectivity index (χ1n) is 8.07. The Kier molecular flexibility index (Phi) is 9.87. The van der Waals surface area contributed by atoms with E-state index in [9.17, 15) is 0 Å². The van der Waals surface area contributed by atoms with Crippen molar-refractivity contribution in [3.63, 3.8) is 0 Å². The summed E-state index contributed by atoms with van der Waals surface area (Å²) >= 11 is 1.85. The maximum Gasteiger partial charge on any atom is 0.191 e. The molecule has 2 N–H and O–H groups in total. The third-order valence-electron chi connectivity index (χ3n) is 3.67. The molecule has 0 spiro atoms. The van der Waals surface area contributed by atoms with Crippen LogP contribution in [0.5, 0.6) is 0 Å². The van der Waals surface area contributed by atoms with Crippen LogP contribution >= 0.6 is 11.8 Å². The average molecular weight is 316 g/mol. The van der Waals surface area contributed by atoms with Gasteiger partial charge in [-0.25, -0.2) is 0 Å². The second-order valence-electron chi connectivity index (χ2n) is 5.85. The third-order valence-corrected chi connectivity index (χ3v) is 4.28.